The Labute approximate surface area is 92.6 Å². The van der Waals surface area contributed by atoms with Crippen LogP contribution < -0.4 is 4.74 Å². The molecule has 0 saturated heterocycles. The second kappa shape index (κ2) is 3.44. The number of rotatable bonds is 1. The Morgan fingerprint density at radius 3 is 3.00 bits per heavy atom. The summed E-state index contributed by atoms with van der Waals surface area (Å²) in [5, 5.41) is 0. The molecule has 0 fully saturated rings. The Morgan fingerprint density at radius 2 is 2.31 bits per heavy atom. The molecule has 0 atom stereocenters. The van der Waals surface area contributed by atoms with Gasteiger partial charge in [-0.1, -0.05) is 11.6 Å². The Bertz CT molecular complexity index is 457. The van der Waals surface area contributed by atoms with E-state index in [4.69, 9.17) is 16.3 Å². The molecule has 1 aromatic carbocycles. The first kappa shape index (κ1) is 9.24. The quantitative estimate of drug-likeness (QED) is 0.793. The molecule has 0 N–H and O–H groups in total. The summed E-state index contributed by atoms with van der Waals surface area (Å²) in [6, 6.07) is 3.75. The Morgan fingerprint density at radius 1 is 1.54 bits per heavy atom. The molecule has 13 heavy (non-hydrogen) atoms. The average Bonchev–Trinajstić information content (AvgIpc) is 2.47. The minimum Gasteiger partial charge on any atom is -0.496 e. The van der Waals surface area contributed by atoms with Gasteiger partial charge in [-0.2, -0.15) is 0 Å². The molecule has 2 rings (SSSR count). The number of ether oxygens (including phenoxy) is 1. The van der Waals surface area contributed by atoms with Crippen molar-refractivity contribution in [2.45, 2.75) is 0 Å². The van der Waals surface area contributed by atoms with Crippen molar-refractivity contribution >= 4 is 49.1 Å². The van der Waals surface area contributed by atoms with Gasteiger partial charge in [0.25, 0.3) is 0 Å². The number of thiazole rings is 1. The molecule has 0 aliphatic rings. The summed E-state index contributed by atoms with van der Waals surface area (Å²) in [6.07, 6.45) is 0. The predicted molar refractivity (Wildman–Crippen MR) is 58.9 cm³/mol. The van der Waals surface area contributed by atoms with E-state index < -0.39 is 0 Å². The van der Waals surface area contributed by atoms with E-state index in [0.717, 1.165) is 20.4 Å². The fourth-order valence-corrected chi connectivity index (χ4v) is 2.86. The lowest BCUT2D eigenvalue weighted by Crippen LogP contribution is -1.83. The standard InChI is InChI=1S/C8H5BrClNOS/c1-12-5-3-2-4-7(6(5)9)13-8(10)11-4/h2-3H,1H3. The van der Waals surface area contributed by atoms with Crippen LogP contribution in [0.4, 0.5) is 0 Å². The van der Waals surface area contributed by atoms with E-state index in [2.05, 4.69) is 20.9 Å². The van der Waals surface area contributed by atoms with Crippen molar-refractivity contribution in [2.24, 2.45) is 0 Å². The lowest BCUT2D eigenvalue weighted by molar-refractivity contribution is 0.413. The van der Waals surface area contributed by atoms with E-state index >= 15 is 0 Å². The molecule has 1 aromatic heterocycles. The summed E-state index contributed by atoms with van der Waals surface area (Å²) in [4.78, 5) is 4.15. The van der Waals surface area contributed by atoms with Crippen LogP contribution in [-0.2, 0) is 0 Å². The Kier molecular flexibility index (Phi) is 2.45. The fourth-order valence-electron chi connectivity index (χ4n) is 1.07. The summed E-state index contributed by atoms with van der Waals surface area (Å²) >= 11 is 10.7. The summed E-state index contributed by atoms with van der Waals surface area (Å²) in [7, 11) is 1.63. The topological polar surface area (TPSA) is 22.1 Å². The highest BCUT2D eigenvalue weighted by atomic mass is 79.9. The molecule has 2 nitrogen and oxygen atoms in total. The first-order valence-electron chi connectivity index (χ1n) is 3.51. The van der Waals surface area contributed by atoms with Crippen molar-refractivity contribution in [1.29, 1.82) is 0 Å². The van der Waals surface area contributed by atoms with Crippen LogP contribution in [0.25, 0.3) is 10.2 Å². The highest BCUT2D eigenvalue weighted by Crippen LogP contribution is 2.37. The van der Waals surface area contributed by atoms with Crippen molar-refractivity contribution in [3.05, 3.63) is 21.1 Å². The van der Waals surface area contributed by atoms with E-state index in [9.17, 15) is 0 Å². The van der Waals surface area contributed by atoms with Crippen LogP contribution >= 0.6 is 38.9 Å². The Balaban J connectivity index is 2.78. The van der Waals surface area contributed by atoms with Crippen LogP contribution in [0.5, 0.6) is 5.75 Å². The lowest BCUT2D eigenvalue weighted by atomic mass is 10.3. The molecule has 0 spiro atoms. The van der Waals surface area contributed by atoms with Gasteiger partial charge < -0.3 is 4.74 Å². The van der Waals surface area contributed by atoms with Crippen molar-refractivity contribution in [2.75, 3.05) is 7.11 Å². The van der Waals surface area contributed by atoms with Crippen molar-refractivity contribution in [1.82, 2.24) is 4.98 Å². The molecule has 1 heterocycles. The predicted octanol–water partition coefficient (Wildman–Crippen LogP) is 3.72. The third-order valence-electron chi connectivity index (χ3n) is 1.66. The van der Waals surface area contributed by atoms with E-state index in [-0.39, 0.29) is 0 Å². The summed E-state index contributed by atoms with van der Waals surface area (Å²) in [5.74, 6) is 0.799. The van der Waals surface area contributed by atoms with Crippen LogP contribution in [0.15, 0.2) is 16.6 Å². The number of halogens is 2. The van der Waals surface area contributed by atoms with Gasteiger partial charge in [-0.05, 0) is 28.1 Å². The van der Waals surface area contributed by atoms with Gasteiger partial charge in [-0.25, -0.2) is 4.98 Å². The molecule has 0 aliphatic heterocycles. The van der Waals surface area contributed by atoms with Gasteiger partial charge in [0, 0.05) is 0 Å². The molecule has 68 valence electrons. The van der Waals surface area contributed by atoms with E-state index in [0.29, 0.717) is 4.47 Å². The normalized spacial score (nSPS) is 10.7. The molecule has 0 unspecified atom stereocenters. The summed E-state index contributed by atoms with van der Waals surface area (Å²) < 4.78 is 7.63. The Hall–Kier alpha value is -0.320. The van der Waals surface area contributed by atoms with Gasteiger partial charge in [0.1, 0.15) is 5.75 Å². The lowest BCUT2D eigenvalue weighted by Gasteiger charge is -2.01. The van der Waals surface area contributed by atoms with Crippen LogP contribution in [0, 0.1) is 0 Å². The summed E-state index contributed by atoms with van der Waals surface area (Å²) in [5.41, 5.74) is 0.891. The number of benzene rings is 1. The number of hydrogen-bond donors (Lipinski definition) is 0. The second-order valence-electron chi connectivity index (χ2n) is 2.40. The van der Waals surface area contributed by atoms with Gasteiger partial charge in [-0.15, -0.1) is 11.3 Å². The molecular formula is C8H5BrClNOS. The molecule has 0 radical (unpaired) electrons. The smallest absolute Gasteiger partial charge is 0.184 e. The van der Waals surface area contributed by atoms with Gasteiger partial charge >= 0.3 is 0 Å². The fraction of sp³-hybridized carbons (Fsp3) is 0.125. The third-order valence-corrected chi connectivity index (χ3v) is 3.90. The highest BCUT2D eigenvalue weighted by molar-refractivity contribution is 9.10. The van der Waals surface area contributed by atoms with E-state index in [1.54, 1.807) is 7.11 Å². The van der Waals surface area contributed by atoms with Crippen LogP contribution in [0.1, 0.15) is 0 Å². The van der Waals surface area contributed by atoms with Crippen molar-refractivity contribution in [3.63, 3.8) is 0 Å². The molecule has 0 amide bonds. The third kappa shape index (κ3) is 1.54. The van der Waals surface area contributed by atoms with Crippen molar-refractivity contribution in [3.8, 4) is 5.75 Å². The minimum absolute atomic E-state index is 0.545. The van der Waals surface area contributed by atoms with E-state index in [1.807, 2.05) is 12.1 Å². The van der Waals surface area contributed by atoms with E-state index in [1.165, 1.54) is 11.3 Å². The first-order valence-corrected chi connectivity index (χ1v) is 5.49. The zero-order valence-corrected chi connectivity index (χ0v) is 9.83. The zero-order valence-electron chi connectivity index (χ0n) is 6.67. The maximum atomic E-state index is 5.80. The maximum Gasteiger partial charge on any atom is 0.184 e. The van der Waals surface area contributed by atoms with Crippen molar-refractivity contribution < 1.29 is 4.74 Å². The molecule has 2 aromatic rings. The van der Waals surface area contributed by atoms with Crippen LogP contribution in [0.3, 0.4) is 0 Å². The monoisotopic (exact) mass is 277 g/mol. The number of hydrogen-bond acceptors (Lipinski definition) is 3. The number of fused-ring (bicyclic) bond motifs is 1. The average molecular weight is 279 g/mol. The largest absolute Gasteiger partial charge is 0.496 e. The molecular weight excluding hydrogens is 274 g/mol. The second-order valence-corrected chi connectivity index (χ2v) is 4.77. The maximum absolute atomic E-state index is 5.80. The molecule has 0 aliphatic carbocycles. The van der Waals surface area contributed by atoms with Gasteiger partial charge in [0.2, 0.25) is 0 Å². The minimum atomic E-state index is 0.545. The molecule has 0 bridgehead atoms. The van der Waals surface area contributed by atoms with Crippen LogP contribution in [-0.4, -0.2) is 12.1 Å². The number of methoxy groups -OCH3 is 1. The highest BCUT2D eigenvalue weighted by Gasteiger charge is 2.09. The van der Waals surface area contributed by atoms with Gasteiger partial charge in [0.15, 0.2) is 4.47 Å². The number of nitrogens with zero attached hydrogens (tertiary/aromatic N) is 1. The SMILES string of the molecule is COc1ccc2nc(Cl)sc2c1Br. The number of aromatic nitrogens is 1. The molecule has 5 heteroatoms. The zero-order chi connectivity index (χ0) is 9.42. The van der Waals surface area contributed by atoms with Crippen LogP contribution in [0.2, 0.25) is 4.47 Å². The van der Waals surface area contributed by atoms with Gasteiger partial charge in [-0.3, -0.25) is 0 Å². The van der Waals surface area contributed by atoms with Gasteiger partial charge in [0.05, 0.1) is 21.8 Å². The molecule has 0 saturated carbocycles. The first-order chi connectivity index (χ1) is 6.22. The summed E-state index contributed by atoms with van der Waals surface area (Å²) in [6.45, 7) is 0.